The molecule has 2 N–H and O–H groups in total. The van der Waals surface area contributed by atoms with Crippen LogP contribution in [0.4, 0.5) is 0 Å². The molecule has 0 aromatic heterocycles. The Kier molecular flexibility index (Phi) is 10.6. The van der Waals surface area contributed by atoms with Gasteiger partial charge in [0.05, 0.1) is 0 Å². The minimum Gasteiger partial charge on any atom is -0.306 e. The number of benzene rings is 2. The van der Waals surface area contributed by atoms with Crippen LogP contribution in [0, 0.1) is 11.8 Å². The molecule has 2 heteroatoms. The van der Waals surface area contributed by atoms with Crippen molar-refractivity contribution in [3.63, 3.8) is 0 Å². The summed E-state index contributed by atoms with van der Waals surface area (Å²) in [5, 5.41) is 8.16. The summed E-state index contributed by atoms with van der Waals surface area (Å²) in [6.45, 7) is 14.0. The summed E-state index contributed by atoms with van der Waals surface area (Å²) in [6, 6.07) is 23.3. The fraction of sp³-hybridized carbons (Fsp3) is 0.571. The first-order valence-corrected chi connectivity index (χ1v) is 12.2. The van der Waals surface area contributed by atoms with Gasteiger partial charge in [-0.1, -0.05) is 114 Å². The van der Waals surface area contributed by atoms with Crippen molar-refractivity contribution in [1.82, 2.24) is 10.6 Å². The van der Waals surface area contributed by atoms with Crippen molar-refractivity contribution in [1.29, 1.82) is 0 Å². The maximum Gasteiger partial charge on any atom is 0.0295 e. The first-order valence-electron chi connectivity index (χ1n) is 12.2. The third-order valence-corrected chi connectivity index (χ3v) is 6.98. The van der Waals surface area contributed by atoms with Gasteiger partial charge in [0, 0.05) is 24.2 Å². The van der Waals surface area contributed by atoms with Gasteiger partial charge in [-0.2, -0.15) is 0 Å². The molecule has 0 saturated heterocycles. The molecule has 166 valence electrons. The molecule has 0 saturated carbocycles. The van der Waals surface area contributed by atoms with Gasteiger partial charge >= 0.3 is 0 Å². The molecule has 0 amide bonds. The minimum atomic E-state index is 0.336. The first-order chi connectivity index (χ1) is 14.5. The van der Waals surface area contributed by atoms with E-state index >= 15 is 0 Å². The number of rotatable bonds is 13. The standard InChI is InChI=1S/C28H44N2/c1-7-23(8-2)27(29-21(5)25-17-13-11-14-18-25)28(24(9-3)10-4)30-22(6)26-19-15-12-16-20-26/h11-24,27-30H,7-10H2,1-6H3/t21-,22-,27+,28+/m0/s1. The monoisotopic (exact) mass is 408 g/mol. The molecule has 0 aliphatic heterocycles. The van der Waals surface area contributed by atoms with E-state index in [0.29, 0.717) is 36.0 Å². The van der Waals surface area contributed by atoms with Gasteiger partial charge in [0.1, 0.15) is 0 Å². The van der Waals surface area contributed by atoms with Crippen molar-refractivity contribution in [3.8, 4) is 0 Å². The molecule has 2 nitrogen and oxygen atoms in total. The van der Waals surface area contributed by atoms with Crippen molar-refractivity contribution in [2.75, 3.05) is 0 Å². The van der Waals surface area contributed by atoms with Crippen molar-refractivity contribution in [3.05, 3.63) is 71.8 Å². The van der Waals surface area contributed by atoms with Crippen LogP contribution in [0.5, 0.6) is 0 Å². The summed E-state index contributed by atoms with van der Waals surface area (Å²) >= 11 is 0. The van der Waals surface area contributed by atoms with Crippen molar-refractivity contribution in [2.45, 2.75) is 91.4 Å². The largest absolute Gasteiger partial charge is 0.306 e. The fourth-order valence-electron chi connectivity index (χ4n) is 4.91. The molecule has 0 aliphatic carbocycles. The average molecular weight is 409 g/mol. The van der Waals surface area contributed by atoms with E-state index in [-0.39, 0.29) is 0 Å². The molecular formula is C28H44N2. The van der Waals surface area contributed by atoms with Gasteiger partial charge in [-0.25, -0.2) is 0 Å². The van der Waals surface area contributed by atoms with Crippen LogP contribution in [-0.2, 0) is 0 Å². The topological polar surface area (TPSA) is 24.1 Å². The van der Waals surface area contributed by atoms with Crippen molar-refractivity contribution < 1.29 is 0 Å². The highest BCUT2D eigenvalue weighted by molar-refractivity contribution is 5.20. The number of hydrogen-bond acceptors (Lipinski definition) is 2. The van der Waals surface area contributed by atoms with Crippen LogP contribution in [0.2, 0.25) is 0 Å². The normalized spacial score (nSPS) is 15.9. The van der Waals surface area contributed by atoms with E-state index in [0.717, 1.165) is 0 Å². The number of nitrogens with one attached hydrogen (secondary N) is 2. The molecule has 30 heavy (non-hydrogen) atoms. The maximum absolute atomic E-state index is 4.08. The molecule has 2 rings (SSSR count). The number of hydrogen-bond donors (Lipinski definition) is 2. The van der Waals surface area contributed by atoms with E-state index in [1.807, 2.05) is 0 Å². The van der Waals surface area contributed by atoms with Gasteiger partial charge in [-0.05, 0) is 36.8 Å². The Labute approximate surface area is 185 Å². The Bertz CT molecular complexity index is 615. The SMILES string of the molecule is CCC(CC)[C@@H](N[C@@H](C)c1ccccc1)[C@H](N[C@@H](C)c1ccccc1)C(CC)CC. The second kappa shape index (κ2) is 12.9. The highest BCUT2D eigenvalue weighted by Crippen LogP contribution is 2.29. The lowest BCUT2D eigenvalue weighted by Crippen LogP contribution is -2.56. The minimum absolute atomic E-state index is 0.336. The summed E-state index contributed by atoms with van der Waals surface area (Å²) in [6.07, 6.45) is 4.81. The Morgan fingerprint density at radius 1 is 0.533 bits per heavy atom. The van der Waals surface area contributed by atoms with Crippen LogP contribution < -0.4 is 10.6 Å². The predicted octanol–water partition coefficient (Wildman–Crippen LogP) is 7.30. The summed E-state index contributed by atoms with van der Waals surface area (Å²) in [7, 11) is 0. The van der Waals surface area contributed by atoms with Crippen LogP contribution in [0.1, 0.15) is 90.4 Å². The second-order valence-corrected chi connectivity index (χ2v) is 8.80. The van der Waals surface area contributed by atoms with E-state index < -0.39 is 0 Å². The van der Waals surface area contributed by atoms with Crippen LogP contribution >= 0.6 is 0 Å². The lowest BCUT2D eigenvalue weighted by Gasteiger charge is -2.41. The van der Waals surface area contributed by atoms with Crippen LogP contribution in [0.25, 0.3) is 0 Å². The maximum atomic E-state index is 4.08. The van der Waals surface area contributed by atoms with Crippen LogP contribution in [0.3, 0.4) is 0 Å². The summed E-state index contributed by atoms with van der Waals surface area (Å²) in [4.78, 5) is 0. The molecule has 0 aliphatic rings. The van der Waals surface area contributed by atoms with E-state index in [9.17, 15) is 0 Å². The summed E-state index contributed by atoms with van der Waals surface area (Å²) in [5.41, 5.74) is 2.74. The molecule has 0 spiro atoms. The third kappa shape index (κ3) is 6.68. The van der Waals surface area contributed by atoms with Crippen LogP contribution in [-0.4, -0.2) is 12.1 Å². The Balaban J connectivity index is 2.33. The van der Waals surface area contributed by atoms with Gasteiger partial charge in [-0.3, -0.25) is 0 Å². The van der Waals surface area contributed by atoms with Gasteiger partial charge in [0.2, 0.25) is 0 Å². The zero-order chi connectivity index (χ0) is 21.9. The van der Waals surface area contributed by atoms with Crippen LogP contribution in [0.15, 0.2) is 60.7 Å². The summed E-state index contributed by atoms with van der Waals surface area (Å²) < 4.78 is 0. The third-order valence-electron chi connectivity index (χ3n) is 6.98. The van der Waals surface area contributed by atoms with E-state index in [4.69, 9.17) is 0 Å². The molecular weight excluding hydrogens is 364 g/mol. The highest BCUT2D eigenvalue weighted by Gasteiger charge is 2.34. The molecule has 0 fully saturated rings. The lowest BCUT2D eigenvalue weighted by atomic mass is 9.79. The first kappa shape index (κ1) is 24.6. The van der Waals surface area contributed by atoms with Gasteiger partial charge in [0.15, 0.2) is 0 Å². The Morgan fingerprint density at radius 3 is 1.10 bits per heavy atom. The molecule has 0 radical (unpaired) electrons. The zero-order valence-electron chi connectivity index (χ0n) is 20.1. The predicted molar refractivity (Wildman–Crippen MR) is 132 cm³/mol. The van der Waals surface area contributed by atoms with E-state index in [1.54, 1.807) is 0 Å². The van der Waals surface area contributed by atoms with Gasteiger partial charge in [-0.15, -0.1) is 0 Å². The Hall–Kier alpha value is -1.64. The fourth-order valence-corrected chi connectivity index (χ4v) is 4.91. The van der Waals surface area contributed by atoms with E-state index in [1.165, 1.54) is 36.8 Å². The molecule has 2 aromatic rings. The smallest absolute Gasteiger partial charge is 0.0295 e. The quantitative estimate of drug-likeness (QED) is 0.363. The lowest BCUT2D eigenvalue weighted by molar-refractivity contribution is 0.178. The summed E-state index contributed by atoms with van der Waals surface area (Å²) in [5.74, 6) is 1.30. The molecule has 0 bridgehead atoms. The van der Waals surface area contributed by atoms with Crippen molar-refractivity contribution >= 4 is 0 Å². The van der Waals surface area contributed by atoms with Gasteiger partial charge < -0.3 is 10.6 Å². The zero-order valence-corrected chi connectivity index (χ0v) is 20.1. The van der Waals surface area contributed by atoms with Gasteiger partial charge in [0.25, 0.3) is 0 Å². The Morgan fingerprint density at radius 2 is 0.833 bits per heavy atom. The average Bonchev–Trinajstić information content (AvgIpc) is 2.80. The molecule has 0 unspecified atom stereocenters. The molecule has 0 heterocycles. The highest BCUT2D eigenvalue weighted by atomic mass is 15.1. The van der Waals surface area contributed by atoms with Crippen molar-refractivity contribution in [2.24, 2.45) is 11.8 Å². The second-order valence-electron chi connectivity index (χ2n) is 8.80. The molecule has 2 aromatic carbocycles. The van der Waals surface area contributed by atoms with E-state index in [2.05, 4.69) is 113 Å². The molecule has 4 atom stereocenters.